The number of ether oxygens (including phenoxy) is 4. The van der Waals surface area contributed by atoms with Gasteiger partial charge >= 0.3 is 11.9 Å². The number of esters is 2. The summed E-state index contributed by atoms with van der Waals surface area (Å²) in [6.07, 6.45) is 1.32. The highest BCUT2D eigenvalue weighted by Crippen LogP contribution is 2.31. The van der Waals surface area contributed by atoms with Crippen LogP contribution in [0.1, 0.15) is 51.6 Å². The van der Waals surface area contributed by atoms with Crippen LogP contribution in [-0.2, 0) is 25.4 Å². The fourth-order valence-electron chi connectivity index (χ4n) is 3.92. The van der Waals surface area contributed by atoms with Gasteiger partial charge in [-0.1, -0.05) is 43.2 Å². The Morgan fingerprint density at radius 1 is 0.839 bits per heavy atom. The van der Waals surface area contributed by atoms with Crippen LogP contribution in [0.5, 0.6) is 0 Å². The van der Waals surface area contributed by atoms with Crippen LogP contribution in [0.15, 0.2) is 48.5 Å². The van der Waals surface area contributed by atoms with Gasteiger partial charge in [0.25, 0.3) is 0 Å². The lowest BCUT2D eigenvalue weighted by molar-refractivity contribution is -0.0287. The third kappa shape index (κ3) is 4.97. The van der Waals surface area contributed by atoms with Gasteiger partial charge in [0.15, 0.2) is 12.2 Å². The molecule has 2 fully saturated rings. The SMILES string of the molecule is CCCCc1ccc(C(=O)O[C@@H]2CO[C@H]3C(OC(=O)c4ccc(C)cc4)CO[C@@H]23)cc1. The minimum atomic E-state index is -0.527. The Labute approximate surface area is 182 Å². The second-order valence-electron chi connectivity index (χ2n) is 8.15. The summed E-state index contributed by atoms with van der Waals surface area (Å²) in [5.41, 5.74) is 3.27. The van der Waals surface area contributed by atoms with Crippen LogP contribution in [0, 0.1) is 6.92 Å². The normalized spacial score (nSPS) is 24.6. The number of fused-ring (bicyclic) bond motifs is 1. The Morgan fingerprint density at radius 3 is 1.81 bits per heavy atom. The predicted octanol–water partition coefficient (Wildman–Crippen LogP) is 3.89. The first-order valence-electron chi connectivity index (χ1n) is 10.9. The van der Waals surface area contributed by atoms with Crippen molar-refractivity contribution in [3.63, 3.8) is 0 Å². The maximum absolute atomic E-state index is 12.6. The van der Waals surface area contributed by atoms with Gasteiger partial charge in [0.05, 0.1) is 24.3 Å². The van der Waals surface area contributed by atoms with E-state index in [4.69, 9.17) is 18.9 Å². The first-order valence-corrected chi connectivity index (χ1v) is 10.9. The lowest BCUT2D eigenvalue weighted by Crippen LogP contribution is -2.36. The van der Waals surface area contributed by atoms with Crippen LogP contribution in [0.2, 0.25) is 0 Å². The van der Waals surface area contributed by atoms with Gasteiger partial charge in [-0.05, 0) is 49.6 Å². The van der Waals surface area contributed by atoms with Crippen molar-refractivity contribution in [1.29, 1.82) is 0 Å². The van der Waals surface area contributed by atoms with Crippen molar-refractivity contribution in [3.05, 3.63) is 70.8 Å². The van der Waals surface area contributed by atoms with Crippen LogP contribution < -0.4 is 0 Å². The Morgan fingerprint density at radius 2 is 1.32 bits per heavy atom. The van der Waals surface area contributed by atoms with Crippen LogP contribution in [-0.4, -0.2) is 49.6 Å². The summed E-state index contributed by atoms with van der Waals surface area (Å²) in [6, 6.07) is 14.7. The van der Waals surface area contributed by atoms with Gasteiger partial charge in [0, 0.05) is 0 Å². The van der Waals surface area contributed by atoms with Gasteiger partial charge in [-0.2, -0.15) is 0 Å². The molecule has 0 aliphatic carbocycles. The fraction of sp³-hybridized carbons (Fsp3) is 0.440. The van der Waals surface area contributed by atoms with E-state index in [9.17, 15) is 9.59 Å². The van der Waals surface area contributed by atoms with E-state index in [-0.39, 0.29) is 13.2 Å². The van der Waals surface area contributed by atoms with Crippen molar-refractivity contribution < 1.29 is 28.5 Å². The van der Waals surface area contributed by atoms with Crippen molar-refractivity contribution in [1.82, 2.24) is 0 Å². The molecule has 0 bridgehead atoms. The molecule has 6 heteroatoms. The average molecular weight is 424 g/mol. The molecular formula is C25H28O6. The highest BCUT2D eigenvalue weighted by Gasteiger charge is 2.51. The molecule has 164 valence electrons. The van der Waals surface area contributed by atoms with Gasteiger partial charge in [-0.25, -0.2) is 9.59 Å². The molecular weight excluding hydrogens is 396 g/mol. The van der Waals surface area contributed by atoms with E-state index in [1.807, 2.05) is 31.2 Å². The van der Waals surface area contributed by atoms with E-state index in [2.05, 4.69) is 6.92 Å². The Hall–Kier alpha value is -2.70. The average Bonchev–Trinajstić information content (AvgIpc) is 3.36. The Balaban J connectivity index is 1.32. The minimum absolute atomic E-state index is 0.215. The highest BCUT2D eigenvalue weighted by molar-refractivity contribution is 5.90. The largest absolute Gasteiger partial charge is 0.453 e. The van der Waals surface area contributed by atoms with Crippen LogP contribution in [0.4, 0.5) is 0 Å². The smallest absolute Gasteiger partial charge is 0.338 e. The van der Waals surface area contributed by atoms with E-state index in [1.165, 1.54) is 5.56 Å². The summed E-state index contributed by atoms with van der Waals surface area (Å²) in [4.78, 5) is 25.0. The molecule has 2 saturated heterocycles. The van der Waals surface area contributed by atoms with Gasteiger partial charge in [0.2, 0.25) is 0 Å². The van der Waals surface area contributed by atoms with E-state index in [0.717, 1.165) is 24.8 Å². The Bertz CT molecular complexity index is 905. The molecule has 0 aromatic heterocycles. The predicted molar refractivity (Wildman–Crippen MR) is 114 cm³/mol. The second kappa shape index (κ2) is 9.62. The van der Waals surface area contributed by atoms with E-state index >= 15 is 0 Å². The van der Waals surface area contributed by atoms with Crippen molar-refractivity contribution in [3.8, 4) is 0 Å². The summed E-state index contributed by atoms with van der Waals surface area (Å²) in [7, 11) is 0. The lowest BCUT2D eigenvalue weighted by Gasteiger charge is -2.17. The fourth-order valence-corrected chi connectivity index (χ4v) is 3.92. The molecule has 1 unspecified atom stereocenters. The van der Waals surface area contributed by atoms with Crippen molar-refractivity contribution in [2.45, 2.75) is 57.5 Å². The maximum Gasteiger partial charge on any atom is 0.338 e. The molecule has 0 N–H and O–H groups in total. The second-order valence-corrected chi connectivity index (χ2v) is 8.15. The highest BCUT2D eigenvalue weighted by atomic mass is 16.7. The number of aryl methyl sites for hydroxylation is 2. The van der Waals surface area contributed by atoms with Gasteiger partial charge in [-0.3, -0.25) is 0 Å². The standard InChI is InChI=1S/C25H28O6/c1-3-4-5-17-8-12-19(13-9-17)25(27)31-21-15-29-22-20(14-28-23(21)22)30-24(26)18-10-6-16(2)7-11-18/h6-13,20-23H,3-5,14-15H2,1-2H3/t20?,21-,22+,23+/m1/s1. The molecule has 2 heterocycles. The summed E-state index contributed by atoms with van der Waals surface area (Å²) in [5, 5.41) is 0. The topological polar surface area (TPSA) is 71.1 Å². The molecule has 0 saturated carbocycles. The third-order valence-electron chi connectivity index (χ3n) is 5.78. The Kier molecular flexibility index (Phi) is 6.68. The van der Waals surface area contributed by atoms with Gasteiger partial charge < -0.3 is 18.9 Å². The van der Waals surface area contributed by atoms with Crippen molar-refractivity contribution in [2.24, 2.45) is 0 Å². The van der Waals surface area contributed by atoms with Crippen molar-refractivity contribution >= 4 is 11.9 Å². The molecule has 0 spiro atoms. The zero-order chi connectivity index (χ0) is 21.8. The first kappa shape index (κ1) is 21.5. The number of hydrogen-bond donors (Lipinski definition) is 0. The number of hydrogen-bond acceptors (Lipinski definition) is 6. The van der Waals surface area contributed by atoms with E-state index in [1.54, 1.807) is 24.3 Å². The van der Waals surface area contributed by atoms with Gasteiger partial charge in [0.1, 0.15) is 12.2 Å². The molecule has 2 aliphatic heterocycles. The maximum atomic E-state index is 12.6. The molecule has 2 aliphatic rings. The number of carbonyl (C=O) groups excluding carboxylic acids is 2. The van der Waals surface area contributed by atoms with E-state index < -0.39 is 36.4 Å². The molecule has 6 nitrogen and oxygen atoms in total. The molecule has 31 heavy (non-hydrogen) atoms. The minimum Gasteiger partial charge on any atom is -0.453 e. The third-order valence-corrected chi connectivity index (χ3v) is 5.78. The molecule has 0 radical (unpaired) electrons. The molecule has 4 rings (SSSR count). The number of benzene rings is 2. The van der Waals surface area contributed by atoms with Crippen LogP contribution >= 0.6 is 0 Å². The summed E-state index contributed by atoms with van der Waals surface area (Å²) >= 11 is 0. The van der Waals surface area contributed by atoms with Crippen molar-refractivity contribution in [2.75, 3.05) is 13.2 Å². The number of unbranched alkanes of at least 4 members (excludes halogenated alkanes) is 1. The summed E-state index contributed by atoms with van der Waals surface area (Å²) in [5.74, 6) is -0.818. The van der Waals surface area contributed by atoms with E-state index in [0.29, 0.717) is 11.1 Å². The molecule has 2 aromatic rings. The molecule has 2 aromatic carbocycles. The quantitative estimate of drug-likeness (QED) is 0.628. The lowest BCUT2D eigenvalue weighted by atomic mass is 10.1. The monoisotopic (exact) mass is 424 g/mol. The van der Waals surface area contributed by atoms with Crippen LogP contribution in [0.25, 0.3) is 0 Å². The zero-order valence-electron chi connectivity index (χ0n) is 17.9. The molecule has 0 amide bonds. The molecule has 4 atom stereocenters. The summed E-state index contributed by atoms with van der Waals surface area (Å²) < 4.78 is 22.8. The zero-order valence-corrected chi connectivity index (χ0v) is 17.9. The summed E-state index contributed by atoms with van der Waals surface area (Å²) in [6.45, 7) is 4.54. The van der Waals surface area contributed by atoms with Gasteiger partial charge in [-0.15, -0.1) is 0 Å². The number of rotatable bonds is 7. The first-order chi connectivity index (χ1) is 15.0. The van der Waals surface area contributed by atoms with Crippen LogP contribution in [0.3, 0.4) is 0 Å². The number of carbonyl (C=O) groups is 2.